The molecular weight excluding hydrogens is 250 g/mol. The lowest BCUT2D eigenvalue weighted by atomic mass is 10.2. The Labute approximate surface area is 112 Å². The van der Waals surface area contributed by atoms with Crippen molar-refractivity contribution in [2.24, 2.45) is 5.73 Å². The number of hydrogen-bond donors (Lipinski definition) is 1. The Morgan fingerprint density at radius 2 is 2.35 bits per heavy atom. The molecule has 1 aliphatic rings. The molecule has 0 bridgehead atoms. The molecule has 3 nitrogen and oxygen atoms in total. The highest BCUT2D eigenvalue weighted by molar-refractivity contribution is 8.00. The van der Waals surface area contributed by atoms with Crippen molar-refractivity contribution >= 4 is 23.1 Å². The Morgan fingerprint density at radius 3 is 3.06 bits per heavy atom. The van der Waals surface area contributed by atoms with Gasteiger partial charge in [-0.25, -0.2) is 4.98 Å². The van der Waals surface area contributed by atoms with Crippen LogP contribution >= 0.6 is 23.1 Å². The molecule has 1 aliphatic heterocycles. The first-order chi connectivity index (χ1) is 8.09. The second kappa shape index (κ2) is 5.69. The third-order valence-corrected chi connectivity index (χ3v) is 5.10. The first-order valence-electron chi connectivity index (χ1n) is 6.09. The molecule has 2 rings (SSSR count). The fourth-order valence-corrected chi connectivity index (χ4v) is 4.12. The second-order valence-electron chi connectivity index (χ2n) is 5.09. The maximum absolute atomic E-state index is 5.54. The molecule has 2 N–H and O–H groups in total. The van der Waals surface area contributed by atoms with Gasteiger partial charge in [0.05, 0.1) is 10.7 Å². The maximum atomic E-state index is 5.54. The summed E-state index contributed by atoms with van der Waals surface area (Å²) in [6.07, 6.45) is 0.909. The van der Waals surface area contributed by atoms with Crippen molar-refractivity contribution in [2.75, 3.05) is 25.4 Å². The van der Waals surface area contributed by atoms with Crippen LogP contribution in [0.2, 0.25) is 0 Å². The van der Waals surface area contributed by atoms with E-state index < -0.39 is 0 Å². The predicted octanol–water partition coefficient (Wildman–Crippen LogP) is 1.97. The highest BCUT2D eigenvalue weighted by Gasteiger charge is 2.27. The molecule has 0 unspecified atom stereocenters. The van der Waals surface area contributed by atoms with Crippen molar-refractivity contribution in [3.8, 4) is 0 Å². The summed E-state index contributed by atoms with van der Waals surface area (Å²) in [5, 5.41) is 3.35. The molecule has 2 heterocycles. The van der Waals surface area contributed by atoms with Gasteiger partial charge in [-0.15, -0.1) is 11.3 Å². The number of nitrogens with two attached hydrogens (primary N) is 1. The summed E-state index contributed by atoms with van der Waals surface area (Å²) < 4.78 is 0.383. The summed E-state index contributed by atoms with van der Waals surface area (Å²) in [5.74, 6) is 1.23. The van der Waals surface area contributed by atoms with Crippen LogP contribution in [0, 0.1) is 0 Å². The molecular formula is C12H21N3S2. The van der Waals surface area contributed by atoms with Crippen molar-refractivity contribution < 1.29 is 0 Å². The predicted molar refractivity (Wildman–Crippen MR) is 76.7 cm³/mol. The van der Waals surface area contributed by atoms with Gasteiger partial charge in [-0.3, -0.25) is 4.90 Å². The molecule has 0 atom stereocenters. The third-order valence-electron chi connectivity index (χ3n) is 2.85. The zero-order chi connectivity index (χ0) is 12.3. The monoisotopic (exact) mass is 271 g/mol. The molecule has 1 fully saturated rings. The molecule has 1 aromatic rings. The molecule has 17 heavy (non-hydrogen) atoms. The second-order valence-corrected chi connectivity index (χ2v) is 7.83. The summed E-state index contributed by atoms with van der Waals surface area (Å²) in [7, 11) is 0. The van der Waals surface area contributed by atoms with Crippen LogP contribution in [0.25, 0.3) is 0 Å². The van der Waals surface area contributed by atoms with E-state index in [1.807, 2.05) is 0 Å². The van der Waals surface area contributed by atoms with Crippen molar-refractivity contribution in [2.45, 2.75) is 31.6 Å². The van der Waals surface area contributed by atoms with Crippen LogP contribution in [0.3, 0.4) is 0 Å². The minimum Gasteiger partial charge on any atom is -0.330 e. The Kier molecular flexibility index (Phi) is 4.47. The van der Waals surface area contributed by atoms with Crippen LogP contribution in [0.1, 0.15) is 24.5 Å². The van der Waals surface area contributed by atoms with Crippen LogP contribution in [0.15, 0.2) is 5.38 Å². The molecule has 0 spiro atoms. The molecule has 1 aromatic heterocycles. The van der Waals surface area contributed by atoms with E-state index in [0.29, 0.717) is 11.3 Å². The summed E-state index contributed by atoms with van der Waals surface area (Å²) in [4.78, 5) is 7.14. The van der Waals surface area contributed by atoms with E-state index in [4.69, 9.17) is 5.73 Å². The standard InChI is InChI=1S/C12H21N3S2/c1-12(2)9-15(5-6-17-12)7-10-8-16-11(14-10)3-4-13/h8H,3-7,9,13H2,1-2H3. The fourth-order valence-electron chi connectivity index (χ4n) is 2.14. The van der Waals surface area contributed by atoms with Crippen molar-refractivity contribution in [3.05, 3.63) is 16.1 Å². The van der Waals surface area contributed by atoms with Gasteiger partial charge in [0.1, 0.15) is 0 Å². The lowest BCUT2D eigenvalue weighted by molar-refractivity contribution is 0.250. The molecule has 96 valence electrons. The number of aromatic nitrogens is 1. The van der Waals surface area contributed by atoms with E-state index in [2.05, 4.69) is 40.9 Å². The van der Waals surface area contributed by atoms with Crippen molar-refractivity contribution in [1.82, 2.24) is 9.88 Å². The highest BCUT2D eigenvalue weighted by atomic mass is 32.2. The van der Waals surface area contributed by atoms with E-state index >= 15 is 0 Å². The summed E-state index contributed by atoms with van der Waals surface area (Å²) >= 11 is 3.81. The van der Waals surface area contributed by atoms with Gasteiger partial charge in [0.15, 0.2) is 0 Å². The lowest BCUT2D eigenvalue weighted by Gasteiger charge is -2.37. The van der Waals surface area contributed by atoms with Gasteiger partial charge >= 0.3 is 0 Å². The third kappa shape index (κ3) is 3.95. The van der Waals surface area contributed by atoms with E-state index in [9.17, 15) is 0 Å². The molecule has 0 radical (unpaired) electrons. The van der Waals surface area contributed by atoms with Gasteiger partial charge in [-0.05, 0) is 20.4 Å². The molecule has 0 amide bonds. The quantitative estimate of drug-likeness (QED) is 0.909. The van der Waals surface area contributed by atoms with E-state index in [1.165, 1.54) is 23.0 Å². The van der Waals surface area contributed by atoms with Gasteiger partial charge in [0.25, 0.3) is 0 Å². The highest BCUT2D eigenvalue weighted by Crippen LogP contribution is 2.30. The smallest absolute Gasteiger partial charge is 0.0941 e. The van der Waals surface area contributed by atoms with E-state index in [1.54, 1.807) is 11.3 Å². The largest absolute Gasteiger partial charge is 0.330 e. The van der Waals surface area contributed by atoms with E-state index in [-0.39, 0.29) is 0 Å². The normalized spacial score (nSPS) is 20.6. The lowest BCUT2D eigenvalue weighted by Crippen LogP contribution is -2.42. The summed E-state index contributed by atoms with van der Waals surface area (Å²) in [6.45, 7) is 8.67. The van der Waals surface area contributed by atoms with Crippen LogP contribution in [-0.2, 0) is 13.0 Å². The zero-order valence-corrected chi connectivity index (χ0v) is 12.2. The Bertz CT molecular complexity index is 362. The van der Waals surface area contributed by atoms with Gasteiger partial charge in [0, 0.05) is 41.9 Å². The Morgan fingerprint density at radius 1 is 1.53 bits per heavy atom. The van der Waals surface area contributed by atoms with Crippen LogP contribution in [-0.4, -0.2) is 40.0 Å². The van der Waals surface area contributed by atoms with Crippen LogP contribution < -0.4 is 5.73 Å². The average Bonchev–Trinajstić information content (AvgIpc) is 2.64. The van der Waals surface area contributed by atoms with Crippen LogP contribution in [0.4, 0.5) is 0 Å². The molecule has 0 aliphatic carbocycles. The number of thiazole rings is 1. The minimum atomic E-state index is 0.383. The van der Waals surface area contributed by atoms with Crippen molar-refractivity contribution in [3.63, 3.8) is 0 Å². The first-order valence-corrected chi connectivity index (χ1v) is 7.95. The van der Waals surface area contributed by atoms with E-state index in [0.717, 1.165) is 19.5 Å². The number of thioether (sulfide) groups is 1. The topological polar surface area (TPSA) is 42.1 Å². The SMILES string of the molecule is CC1(C)CN(Cc2csc(CCN)n2)CCS1. The minimum absolute atomic E-state index is 0.383. The van der Waals surface area contributed by atoms with Crippen LogP contribution in [0.5, 0.6) is 0 Å². The zero-order valence-electron chi connectivity index (χ0n) is 10.6. The number of rotatable bonds is 4. The first kappa shape index (κ1) is 13.3. The maximum Gasteiger partial charge on any atom is 0.0941 e. The van der Waals surface area contributed by atoms with Crippen molar-refractivity contribution in [1.29, 1.82) is 0 Å². The Hall–Kier alpha value is -0.100. The summed E-state index contributed by atoms with van der Waals surface area (Å²) in [6, 6.07) is 0. The number of nitrogens with zero attached hydrogens (tertiary/aromatic N) is 2. The fraction of sp³-hybridized carbons (Fsp3) is 0.750. The van der Waals surface area contributed by atoms with Gasteiger partial charge < -0.3 is 5.73 Å². The summed E-state index contributed by atoms with van der Waals surface area (Å²) in [5.41, 5.74) is 6.75. The van der Waals surface area contributed by atoms with Gasteiger partial charge in [-0.2, -0.15) is 11.8 Å². The molecule has 0 aromatic carbocycles. The number of hydrogen-bond acceptors (Lipinski definition) is 5. The van der Waals surface area contributed by atoms with Gasteiger partial charge in [-0.1, -0.05) is 0 Å². The van der Waals surface area contributed by atoms with Gasteiger partial charge in [0.2, 0.25) is 0 Å². The Balaban J connectivity index is 1.91. The molecule has 0 saturated carbocycles. The molecule has 1 saturated heterocycles. The molecule has 5 heteroatoms. The average molecular weight is 271 g/mol.